The maximum Gasteiger partial charge on any atom is 0.270 e. The summed E-state index contributed by atoms with van der Waals surface area (Å²) in [4.78, 5) is 29.0. The van der Waals surface area contributed by atoms with Gasteiger partial charge >= 0.3 is 0 Å². The zero-order chi connectivity index (χ0) is 14.7. The number of aromatic nitrogens is 1. The zero-order valence-corrected chi connectivity index (χ0v) is 14.0. The number of hydrogen-bond donors (Lipinski definition) is 1. The molecule has 0 spiro atoms. The number of aryl methyl sites for hydroxylation is 1. The average Bonchev–Trinajstić information content (AvgIpc) is 2.99. The van der Waals surface area contributed by atoms with Gasteiger partial charge in [-0.05, 0) is 35.0 Å². The summed E-state index contributed by atoms with van der Waals surface area (Å²) in [5.41, 5.74) is 0. The number of nitrogens with zero attached hydrogens (tertiary/aromatic N) is 2. The van der Waals surface area contributed by atoms with E-state index in [0.717, 1.165) is 3.79 Å². The highest BCUT2D eigenvalue weighted by molar-refractivity contribution is 9.11. The van der Waals surface area contributed by atoms with Gasteiger partial charge in [0, 0.05) is 18.6 Å². The molecule has 0 bridgehead atoms. The number of carbonyl (C=O) groups excluding carboxylic acids is 2. The molecule has 0 unspecified atom stereocenters. The first-order valence-electron chi connectivity index (χ1n) is 5.72. The van der Waals surface area contributed by atoms with Gasteiger partial charge in [-0.25, -0.2) is 0 Å². The molecule has 20 heavy (non-hydrogen) atoms. The summed E-state index contributed by atoms with van der Waals surface area (Å²) in [5.74, 6) is -0.640. The Morgan fingerprint density at radius 1 is 1.45 bits per heavy atom. The monoisotopic (exact) mass is 373 g/mol. The van der Waals surface area contributed by atoms with Gasteiger partial charge in [-0.3, -0.25) is 9.59 Å². The van der Waals surface area contributed by atoms with Gasteiger partial charge < -0.3 is 9.88 Å². The van der Waals surface area contributed by atoms with Crippen LogP contribution in [0.25, 0.3) is 0 Å². The Kier molecular flexibility index (Phi) is 4.90. The van der Waals surface area contributed by atoms with E-state index in [9.17, 15) is 9.59 Å². The molecule has 0 aliphatic rings. The summed E-state index contributed by atoms with van der Waals surface area (Å²) >= 11 is 5.99. The highest BCUT2D eigenvalue weighted by Gasteiger charge is 2.17. The van der Waals surface area contributed by atoms with Crippen LogP contribution in [-0.2, 0) is 11.8 Å². The van der Waals surface area contributed by atoms with E-state index < -0.39 is 6.04 Å². The second kappa shape index (κ2) is 6.47. The highest BCUT2D eigenvalue weighted by Crippen LogP contribution is 2.21. The fourth-order valence-corrected chi connectivity index (χ4v) is 3.42. The van der Waals surface area contributed by atoms with Crippen molar-refractivity contribution in [3.8, 4) is 0 Å². The van der Waals surface area contributed by atoms with Crippen molar-refractivity contribution in [1.82, 2.24) is 9.88 Å². The largest absolute Gasteiger partial charge is 0.340 e. The molecule has 2 heterocycles. The van der Waals surface area contributed by atoms with Crippen molar-refractivity contribution in [2.24, 2.45) is 12.0 Å². The third-order valence-corrected chi connectivity index (χ3v) is 4.95. The first kappa shape index (κ1) is 15.1. The summed E-state index contributed by atoms with van der Waals surface area (Å²) in [5, 5.41) is 4.49. The molecule has 0 aromatic carbocycles. The Morgan fingerprint density at radius 2 is 2.20 bits per heavy atom. The molecule has 0 saturated carbocycles. The van der Waals surface area contributed by atoms with Crippen molar-refractivity contribution >= 4 is 50.4 Å². The lowest BCUT2D eigenvalue weighted by Crippen LogP contribution is -2.38. The van der Waals surface area contributed by atoms with Crippen LogP contribution in [-0.4, -0.2) is 22.4 Å². The second-order valence-corrected chi connectivity index (χ2v) is 7.38. The molecule has 2 aromatic heterocycles. The third kappa shape index (κ3) is 3.65. The molecule has 8 heteroatoms. The number of amides is 2. The smallest absolute Gasteiger partial charge is 0.270 e. The predicted octanol–water partition coefficient (Wildman–Crippen LogP) is 2.16. The highest BCUT2D eigenvalue weighted by atomic mass is 79.9. The Bertz CT molecular complexity index is 701. The van der Waals surface area contributed by atoms with Crippen molar-refractivity contribution in [2.75, 3.05) is 0 Å². The Balaban J connectivity index is 2.05. The SMILES string of the molecule is C[C@@H](NC(=O)c1ccc(Br)s1)C(=O)N=c1sccn1C. The van der Waals surface area contributed by atoms with Crippen LogP contribution in [0.4, 0.5) is 0 Å². The minimum Gasteiger partial charge on any atom is -0.340 e. The third-order valence-electron chi connectivity index (χ3n) is 2.48. The number of thiophene rings is 1. The van der Waals surface area contributed by atoms with Crippen LogP contribution in [0, 0.1) is 0 Å². The van der Waals surface area contributed by atoms with E-state index in [0.29, 0.717) is 9.68 Å². The van der Waals surface area contributed by atoms with E-state index in [4.69, 9.17) is 0 Å². The summed E-state index contributed by atoms with van der Waals surface area (Å²) in [6, 6.07) is 2.84. The molecule has 0 aliphatic heterocycles. The van der Waals surface area contributed by atoms with Crippen molar-refractivity contribution in [3.05, 3.63) is 37.2 Å². The minimum atomic E-state index is -0.662. The lowest BCUT2D eigenvalue weighted by Gasteiger charge is -2.08. The summed E-state index contributed by atoms with van der Waals surface area (Å²) < 4.78 is 2.63. The molecule has 1 atom stereocenters. The Labute approximate surface area is 132 Å². The topological polar surface area (TPSA) is 63.5 Å². The number of halogens is 1. The number of hydrogen-bond acceptors (Lipinski definition) is 4. The van der Waals surface area contributed by atoms with Gasteiger partial charge in [0.15, 0.2) is 4.80 Å². The van der Waals surface area contributed by atoms with Crippen molar-refractivity contribution in [2.45, 2.75) is 13.0 Å². The van der Waals surface area contributed by atoms with Crippen LogP contribution < -0.4 is 10.1 Å². The van der Waals surface area contributed by atoms with E-state index in [1.165, 1.54) is 22.7 Å². The maximum atomic E-state index is 11.9. The number of rotatable bonds is 3. The lowest BCUT2D eigenvalue weighted by atomic mass is 10.3. The number of carbonyl (C=O) groups is 2. The van der Waals surface area contributed by atoms with Crippen LogP contribution in [0.2, 0.25) is 0 Å². The van der Waals surface area contributed by atoms with Crippen molar-refractivity contribution in [1.29, 1.82) is 0 Å². The summed E-state index contributed by atoms with van der Waals surface area (Å²) in [6.07, 6.45) is 1.82. The Hall–Kier alpha value is -1.25. The minimum absolute atomic E-state index is 0.271. The van der Waals surface area contributed by atoms with Gasteiger partial charge in [0.1, 0.15) is 6.04 Å². The molecular weight excluding hydrogens is 362 g/mol. The van der Waals surface area contributed by atoms with Crippen molar-refractivity contribution in [3.63, 3.8) is 0 Å². The molecule has 0 aliphatic carbocycles. The second-order valence-electron chi connectivity index (χ2n) is 4.05. The van der Waals surface area contributed by atoms with Gasteiger partial charge in [0.05, 0.1) is 8.66 Å². The molecule has 0 radical (unpaired) electrons. The lowest BCUT2D eigenvalue weighted by molar-refractivity contribution is -0.119. The van der Waals surface area contributed by atoms with Crippen LogP contribution in [0.3, 0.4) is 0 Å². The van der Waals surface area contributed by atoms with E-state index in [1.54, 1.807) is 23.6 Å². The molecule has 0 fully saturated rings. The molecule has 1 N–H and O–H groups in total. The van der Waals surface area contributed by atoms with Gasteiger partial charge in [-0.1, -0.05) is 0 Å². The van der Waals surface area contributed by atoms with Crippen LogP contribution in [0.1, 0.15) is 16.6 Å². The molecule has 2 amide bonds. The predicted molar refractivity (Wildman–Crippen MR) is 82.8 cm³/mol. The number of thiazole rings is 1. The molecule has 0 saturated heterocycles. The van der Waals surface area contributed by atoms with E-state index >= 15 is 0 Å². The molecule has 2 rings (SSSR count). The standard InChI is InChI=1S/C12H12BrN3O2S2/c1-7(10(17)15-12-16(2)5-6-19-12)14-11(18)8-3-4-9(13)20-8/h3-7H,1-2H3,(H,14,18)/t7-/m1/s1. The van der Waals surface area contributed by atoms with Gasteiger partial charge in [0.25, 0.3) is 11.8 Å². The molecule has 5 nitrogen and oxygen atoms in total. The quantitative estimate of drug-likeness (QED) is 0.895. The van der Waals surface area contributed by atoms with Crippen LogP contribution >= 0.6 is 38.6 Å². The molecular formula is C12H12BrN3O2S2. The first-order valence-corrected chi connectivity index (χ1v) is 8.21. The van der Waals surface area contributed by atoms with Crippen LogP contribution in [0.5, 0.6) is 0 Å². The summed E-state index contributed by atoms with van der Waals surface area (Å²) in [7, 11) is 1.81. The normalized spacial score (nSPS) is 13.2. The van der Waals surface area contributed by atoms with Gasteiger partial charge in [-0.15, -0.1) is 22.7 Å². The fourth-order valence-electron chi connectivity index (χ4n) is 1.39. The average molecular weight is 374 g/mol. The van der Waals surface area contributed by atoms with Gasteiger partial charge in [0.2, 0.25) is 0 Å². The molecule has 2 aromatic rings. The molecule has 106 valence electrons. The van der Waals surface area contributed by atoms with E-state index in [-0.39, 0.29) is 11.8 Å². The van der Waals surface area contributed by atoms with Gasteiger partial charge in [-0.2, -0.15) is 4.99 Å². The van der Waals surface area contributed by atoms with E-state index in [2.05, 4.69) is 26.2 Å². The first-order chi connectivity index (χ1) is 9.47. The Morgan fingerprint density at radius 3 is 2.75 bits per heavy atom. The zero-order valence-electron chi connectivity index (χ0n) is 10.8. The van der Waals surface area contributed by atoms with Crippen molar-refractivity contribution < 1.29 is 9.59 Å². The number of nitrogens with one attached hydrogen (secondary N) is 1. The van der Waals surface area contributed by atoms with E-state index in [1.807, 2.05) is 18.6 Å². The maximum absolute atomic E-state index is 11.9. The summed E-state index contributed by atoms with van der Waals surface area (Å²) in [6.45, 7) is 1.62. The van der Waals surface area contributed by atoms with Crippen LogP contribution in [0.15, 0.2) is 32.5 Å². The fraction of sp³-hybridized carbons (Fsp3) is 0.250.